The average molecular weight is 238 g/mol. The summed E-state index contributed by atoms with van der Waals surface area (Å²) in [6.07, 6.45) is 2.22. The van der Waals surface area contributed by atoms with Gasteiger partial charge in [-0.25, -0.2) is 4.68 Å². The second kappa shape index (κ2) is 5.18. The van der Waals surface area contributed by atoms with Gasteiger partial charge < -0.3 is 15.8 Å². The van der Waals surface area contributed by atoms with Crippen LogP contribution in [0.4, 0.5) is 5.82 Å². The van der Waals surface area contributed by atoms with Gasteiger partial charge >= 0.3 is 0 Å². The van der Waals surface area contributed by atoms with Crippen molar-refractivity contribution in [3.63, 3.8) is 0 Å². The first-order valence-corrected chi connectivity index (χ1v) is 5.94. The number of carbonyl (C=O) groups excluding carboxylic acids is 1. The molecule has 0 radical (unpaired) electrons. The molecule has 0 aromatic carbocycles. The number of nitrogens with two attached hydrogens (primary N) is 1. The predicted octanol–water partition coefficient (Wildman–Crippen LogP) is 0.394. The van der Waals surface area contributed by atoms with Crippen LogP contribution in [0.2, 0.25) is 0 Å². The van der Waals surface area contributed by atoms with Crippen molar-refractivity contribution in [1.29, 1.82) is 0 Å². The first-order chi connectivity index (χ1) is 8.20. The summed E-state index contributed by atoms with van der Waals surface area (Å²) in [5.74, 6) is 0.314. The molecule has 0 bridgehead atoms. The Labute approximate surface area is 100 Å². The van der Waals surface area contributed by atoms with Gasteiger partial charge in [0, 0.05) is 25.8 Å². The minimum atomic E-state index is -0.195. The van der Waals surface area contributed by atoms with Gasteiger partial charge in [-0.1, -0.05) is 0 Å². The van der Waals surface area contributed by atoms with Crippen LogP contribution >= 0.6 is 0 Å². The predicted molar refractivity (Wildman–Crippen MR) is 63.6 cm³/mol. The van der Waals surface area contributed by atoms with Gasteiger partial charge in [-0.2, -0.15) is 5.10 Å². The van der Waals surface area contributed by atoms with Gasteiger partial charge in [0.25, 0.3) is 5.91 Å². The van der Waals surface area contributed by atoms with E-state index in [9.17, 15) is 4.79 Å². The van der Waals surface area contributed by atoms with Crippen molar-refractivity contribution >= 4 is 11.7 Å². The second-order valence-electron chi connectivity index (χ2n) is 4.12. The zero-order chi connectivity index (χ0) is 12.3. The molecule has 1 fully saturated rings. The zero-order valence-electron chi connectivity index (χ0n) is 9.98. The van der Waals surface area contributed by atoms with E-state index >= 15 is 0 Å². The minimum absolute atomic E-state index is 0.143. The fourth-order valence-electron chi connectivity index (χ4n) is 1.90. The van der Waals surface area contributed by atoms with Crippen LogP contribution in [0.5, 0.6) is 0 Å². The molecule has 1 aromatic heterocycles. The lowest BCUT2D eigenvalue weighted by Crippen LogP contribution is -2.32. The van der Waals surface area contributed by atoms with Gasteiger partial charge in [-0.15, -0.1) is 0 Å². The number of hydrogen-bond acceptors (Lipinski definition) is 4. The number of hydrogen-bond donors (Lipinski definition) is 2. The van der Waals surface area contributed by atoms with Crippen molar-refractivity contribution in [1.82, 2.24) is 15.1 Å². The third-order valence-corrected chi connectivity index (χ3v) is 2.86. The summed E-state index contributed by atoms with van der Waals surface area (Å²) in [5, 5.41) is 6.92. The Bertz CT molecular complexity index is 396. The van der Waals surface area contributed by atoms with E-state index in [0.717, 1.165) is 19.4 Å². The summed E-state index contributed by atoms with van der Waals surface area (Å²) in [6.45, 7) is 3.91. The lowest BCUT2D eigenvalue weighted by molar-refractivity contribution is 0.0853. The van der Waals surface area contributed by atoms with Gasteiger partial charge in [-0.05, 0) is 19.8 Å². The molecule has 0 unspecified atom stereocenters. The zero-order valence-corrected chi connectivity index (χ0v) is 9.98. The first-order valence-electron chi connectivity index (χ1n) is 5.94. The summed E-state index contributed by atoms with van der Waals surface area (Å²) in [5.41, 5.74) is 6.07. The average Bonchev–Trinajstić information content (AvgIpc) is 2.94. The fraction of sp³-hybridized carbons (Fsp3) is 0.636. The molecule has 1 atom stereocenters. The van der Waals surface area contributed by atoms with E-state index in [4.69, 9.17) is 10.5 Å². The Morgan fingerprint density at radius 1 is 1.76 bits per heavy atom. The van der Waals surface area contributed by atoms with Crippen molar-refractivity contribution in [2.24, 2.45) is 0 Å². The number of amides is 1. The lowest BCUT2D eigenvalue weighted by atomic mass is 10.2. The van der Waals surface area contributed by atoms with Gasteiger partial charge in [-0.3, -0.25) is 4.79 Å². The molecule has 1 aromatic rings. The van der Waals surface area contributed by atoms with Crippen molar-refractivity contribution < 1.29 is 9.53 Å². The Balaban J connectivity index is 1.89. The molecule has 1 amide bonds. The molecule has 3 N–H and O–H groups in total. The highest BCUT2D eigenvalue weighted by atomic mass is 16.5. The number of nitrogens with one attached hydrogen (secondary N) is 1. The van der Waals surface area contributed by atoms with Crippen LogP contribution in [0.3, 0.4) is 0 Å². The molecule has 0 aliphatic carbocycles. The molecule has 1 aliphatic rings. The van der Waals surface area contributed by atoms with E-state index in [-0.39, 0.29) is 12.0 Å². The normalized spacial score (nSPS) is 19.5. The number of nitrogen functional groups attached to an aromatic ring is 1. The maximum absolute atomic E-state index is 11.8. The number of ether oxygens (including phenoxy) is 1. The quantitative estimate of drug-likeness (QED) is 0.795. The molecule has 1 saturated heterocycles. The van der Waals surface area contributed by atoms with E-state index in [1.54, 1.807) is 10.7 Å². The van der Waals surface area contributed by atoms with E-state index in [1.807, 2.05) is 6.92 Å². The number of anilines is 1. The molecule has 2 heterocycles. The molecule has 0 saturated carbocycles. The maximum atomic E-state index is 11.8. The van der Waals surface area contributed by atoms with E-state index in [0.29, 0.717) is 24.6 Å². The van der Waals surface area contributed by atoms with E-state index in [2.05, 4.69) is 10.4 Å². The molecule has 94 valence electrons. The second-order valence-corrected chi connectivity index (χ2v) is 4.12. The van der Waals surface area contributed by atoms with Crippen molar-refractivity contribution in [2.75, 3.05) is 18.9 Å². The molecule has 2 rings (SSSR count). The summed E-state index contributed by atoms with van der Waals surface area (Å²) in [6, 6.07) is 1.59. The van der Waals surface area contributed by atoms with Crippen LogP contribution in [-0.2, 0) is 11.3 Å². The lowest BCUT2D eigenvalue weighted by Gasteiger charge is -2.09. The number of aryl methyl sites for hydroxylation is 1. The molecular formula is C11H18N4O2. The van der Waals surface area contributed by atoms with Crippen LogP contribution in [0, 0.1) is 0 Å². The van der Waals surface area contributed by atoms with Crippen LogP contribution < -0.4 is 11.1 Å². The standard InChI is InChI=1S/C11H18N4O2/c1-2-15-10(12)6-9(14-15)11(16)13-7-8-4-3-5-17-8/h6,8H,2-5,7,12H2,1H3,(H,13,16)/t8-/m1/s1. The SMILES string of the molecule is CCn1nc(C(=O)NC[C@H]2CCCO2)cc1N. The summed E-state index contributed by atoms with van der Waals surface area (Å²) < 4.78 is 7.02. The van der Waals surface area contributed by atoms with Crippen LogP contribution in [-0.4, -0.2) is 34.9 Å². The van der Waals surface area contributed by atoms with E-state index < -0.39 is 0 Å². The van der Waals surface area contributed by atoms with Crippen LogP contribution in [0.1, 0.15) is 30.3 Å². The van der Waals surface area contributed by atoms with Crippen molar-refractivity contribution in [2.45, 2.75) is 32.4 Å². The molecule has 17 heavy (non-hydrogen) atoms. The highest BCUT2D eigenvalue weighted by molar-refractivity contribution is 5.92. The monoisotopic (exact) mass is 238 g/mol. The molecule has 6 heteroatoms. The van der Waals surface area contributed by atoms with Gasteiger partial charge in [0.05, 0.1) is 6.10 Å². The van der Waals surface area contributed by atoms with Gasteiger partial charge in [0.1, 0.15) is 5.82 Å². The Hall–Kier alpha value is -1.56. The van der Waals surface area contributed by atoms with E-state index in [1.165, 1.54) is 0 Å². The summed E-state index contributed by atoms with van der Waals surface area (Å²) in [7, 11) is 0. The third-order valence-electron chi connectivity index (χ3n) is 2.86. The molecule has 6 nitrogen and oxygen atoms in total. The Morgan fingerprint density at radius 2 is 2.59 bits per heavy atom. The molecular weight excluding hydrogens is 220 g/mol. The number of nitrogens with zero attached hydrogens (tertiary/aromatic N) is 2. The highest BCUT2D eigenvalue weighted by Gasteiger charge is 2.18. The summed E-state index contributed by atoms with van der Waals surface area (Å²) in [4.78, 5) is 11.8. The molecule has 0 spiro atoms. The minimum Gasteiger partial charge on any atom is -0.384 e. The largest absolute Gasteiger partial charge is 0.384 e. The Morgan fingerprint density at radius 3 is 3.18 bits per heavy atom. The third kappa shape index (κ3) is 2.76. The summed E-state index contributed by atoms with van der Waals surface area (Å²) >= 11 is 0. The van der Waals surface area contributed by atoms with Crippen LogP contribution in [0.25, 0.3) is 0 Å². The Kier molecular flexibility index (Phi) is 3.63. The smallest absolute Gasteiger partial charge is 0.271 e. The maximum Gasteiger partial charge on any atom is 0.271 e. The van der Waals surface area contributed by atoms with Gasteiger partial charge in [0.15, 0.2) is 5.69 Å². The van der Waals surface area contributed by atoms with Crippen LogP contribution in [0.15, 0.2) is 6.07 Å². The fourth-order valence-corrected chi connectivity index (χ4v) is 1.90. The number of carbonyl (C=O) groups is 1. The molecule has 1 aliphatic heterocycles. The van der Waals surface area contributed by atoms with Crippen molar-refractivity contribution in [3.05, 3.63) is 11.8 Å². The first kappa shape index (κ1) is 11.9. The topological polar surface area (TPSA) is 82.2 Å². The van der Waals surface area contributed by atoms with Gasteiger partial charge in [0.2, 0.25) is 0 Å². The highest BCUT2D eigenvalue weighted by Crippen LogP contribution is 2.11. The number of aromatic nitrogens is 2. The van der Waals surface area contributed by atoms with Crippen molar-refractivity contribution in [3.8, 4) is 0 Å². The number of rotatable bonds is 4.